The SMILES string of the molecule is COC(C)CNc1nnc(CNC(C)C)o1. The molecule has 0 saturated carbocycles. The second-order valence-electron chi connectivity index (χ2n) is 3.96. The average Bonchev–Trinajstić information content (AvgIpc) is 2.71. The molecule has 0 radical (unpaired) electrons. The number of ether oxygens (including phenoxy) is 1. The van der Waals surface area contributed by atoms with Gasteiger partial charge in [0.1, 0.15) is 0 Å². The van der Waals surface area contributed by atoms with Crippen LogP contribution in [0, 0.1) is 0 Å². The van der Waals surface area contributed by atoms with Crippen LogP contribution >= 0.6 is 0 Å². The third kappa shape index (κ3) is 4.59. The van der Waals surface area contributed by atoms with Gasteiger partial charge in [-0.15, -0.1) is 5.10 Å². The normalized spacial score (nSPS) is 13.1. The molecule has 6 nitrogen and oxygen atoms in total. The van der Waals surface area contributed by atoms with E-state index in [0.717, 1.165) is 0 Å². The zero-order valence-electron chi connectivity index (χ0n) is 10.3. The lowest BCUT2D eigenvalue weighted by Gasteiger charge is -2.08. The number of methoxy groups -OCH3 is 1. The fraction of sp³-hybridized carbons (Fsp3) is 0.800. The molecule has 16 heavy (non-hydrogen) atoms. The standard InChI is InChI=1S/C10H20N4O2/c1-7(2)11-6-9-13-14-10(16-9)12-5-8(3)15-4/h7-8,11H,5-6H2,1-4H3,(H,12,14). The second kappa shape index (κ2) is 6.44. The van der Waals surface area contributed by atoms with E-state index in [4.69, 9.17) is 9.15 Å². The number of rotatable bonds is 7. The van der Waals surface area contributed by atoms with Crippen LogP contribution in [0.1, 0.15) is 26.7 Å². The topological polar surface area (TPSA) is 72.2 Å². The molecule has 0 aliphatic rings. The second-order valence-corrected chi connectivity index (χ2v) is 3.96. The van der Waals surface area contributed by atoms with Gasteiger partial charge in [-0.3, -0.25) is 0 Å². The van der Waals surface area contributed by atoms with Gasteiger partial charge in [-0.1, -0.05) is 18.9 Å². The minimum atomic E-state index is 0.115. The van der Waals surface area contributed by atoms with E-state index in [2.05, 4.69) is 34.7 Å². The molecule has 2 N–H and O–H groups in total. The Bertz CT molecular complexity index is 301. The summed E-state index contributed by atoms with van der Waals surface area (Å²) in [6.45, 7) is 7.33. The molecular weight excluding hydrogens is 208 g/mol. The van der Waals surface area contributed by atoms with Gasteiger partial charge in [-0.25, -0.2) is 0 Å². The predicted molar refractivity (Wildman–Crippen MR) is 61.2 cm³/mol. The summed E-state index contributed by atoms with van der Waals surface area (Å²) in [5.41, 5.74) is 0. The summed E-state index contributed by atoms with van der Waals surface area (Å²) in [5, 5.41) is 14.0. The van der Waals surface area contributed by atoms with E-state index < -0.39 is 0 Å². The van der Waals surface area contributed by atoms with Crippen LogP contribution in [-0.2, 0) is 11.3 Å². The van der Waals surface area contributed by atoms with E-state index in [1.54, 1.807) is 7.11 Å². The van der Waals surface area contributed by atoms with E-state index in [1.165, 1.54) is 0 Å². The molecule has 0 bridgehead atoms. The first kappa shape index (κ1) is 12.9. The maximum absolute atomic E-state index is 5.38. The average molecular weight is 228 g/mol. The third-order valence-electron chi connectivity index (χ3n) is 2.07. The van der Waals surface area contributed by atoms with Crippen LogP contribution in [0.5, 0.6) is 0 Å². The first-order chi connectivity index (χ1) is 7.61. The van der Waals surface area contributed by atoms with Crippen molar-refractivity contribution in [2.45, 2.75) is 39.5 Å². The molecule has 0 aliphatic heterocycles. The molecule has 1 aromatic rings. The lowest BCUT2D eigenvalue weighted by Crippen LogP contribution is -2.21. The van der Waals surface area contributed by atoms with Crippen molar-refractivity contribution in [2.75, 3.05) is 19.0 Å². The van der Waals surface area contributed by atoms with Gasteiger partial charge in [0, 0.05) is 19.7 Å². The molecule has 1 heterocycles. The fourth-order valence-electron chi connectivity index (χ4n) is 1.00. The summed E-state index contributed by atoms with van der Waals surface area (Å²) in [4.78, 5) is 0. The van der Waals surface area contributed by atoms with Gasteiger partial charge >= 0.3 is 6.01 Å². The molecule has 0 aliphatic carbocycles. The molecule has 0 aromatic carbocycles. The van der Waals surface area contributed by atoms with E-state index >= 15 is 0 Å². The Labute approximate surface area is 95.8 Å². The minimum Gasteiger partial charge on any atom is -0.407 e. The lowest BCUT2D eigenvalue weighted by atomic mass is 10.4. The fourth-order valence-corrected chi connectivity index (χ4v) is 1.00. The number of hydrogen-bond acceptors (Lipinski definition) is 6. The first-order valence-electron chi connectivity index (χ1n) is 5.44. The molecule has 6 heteroatoms. The van der Waals surface area contributed by atoms with E-state index in [-0.39, 0.29) is 6.10 Å². The van der Waals surface area contributed by atoms with Crippen molar-refractivity contribution >= 4 is 6.01 Å². The van der Waals surface area contributed by atoms with Gasteiger partial charge in [0.05, 0.1) is 12.6 Å². The summed E-state index contributed by atoms with van der Waals surface area (Å²) in [7, 11) is 1.66. The molecule has 1 aromatic heterocycles. The van der Waals surface area contributed by atoms with Gasteiger partial charge in [-0.05, 0) is 6.92 Å². The smallest absolute Gasteiger partial charge is 0.315 e. The van der Waals surface area contributed by atoms with E-state index in [9.17, 15) is 0 Å². The van der Waals surface area contributed by atoms with Crippen LogP contribution in [0.25, 0.3) is 0 Å². The van der Waals surface area contributed by atoms with Crippen molar-refractivity contribution in [1.29, 1.82) is 0 Å². The highest BCUT2D eigenvalue weighted by Crippen LogP contribution is 2.05. The highest BCUT2D eigenvalue weighted by molar-refractivity contribution is 5.16. The summed E-state index contributed by atoms with van der Waals surface area (Å²) in [6.07, 6.45) is 0.115. The van der Waals surface area contributed by atoms with E-state index in [0.29, 0.717) is 31.0 Å². The molecule has 1 rings (SSSR count). The zero-order valence-corrected chi connectivity index (χ0v) is 10.3. The van der Waals surface area contributed by atoms with Crippen molar-refractivity contribution in [2.24, 2.45) is 0 Å². The Kier molecular flexibility index (Phi) is 5.21. The van der Waals surface area contributed by atoms with Crippen LogP contribution < -0.4 is 10.6 Å². The Morgan fingerprint density at radius 2 is 2.06 bits per heavy atom. The molecule has 1 unspecified atom stereocenters. The van der Waals surface area contributed by atoms with Gasteiger partial charge in [0.2, 0.25) is 5.89 Å². The van der Waals surface area contributed by atoms with Crippen molar-refractivity contribution in [1.82, 2.24) is 15.5 Å². The van der Waals surface area contributed by atoms with Gasteiger partial charge in [0.25, 0.3) is 0 Å². The Morgan fingerprint density at radius 3 is 2.69 bits per heavy atom. The van der Waals surface area contributed by atoms with Crippen LogP contribution in [0.15, 0.2) is 4.42 Å². The number of hydrogen-bond donors (Lipinski definition) is 2. The number of nitrogens with one attached hydrogen (secondary N) is 2. The van der Waals surface area contributed by atoms with Gasteiger partial charge in [-0.2, -0.15) is 0 Å². The molecular formula is C10H20N4O2. The minimum absolute atomic E-state index is 0.115. The van der Waals surface area contributed by atoms with E-state index in [1.807, 2.05) is 6.92 Å². The molecule has 0 saturated heterocycles. The van der Waals surface area contributed by atoms with Crippen molar-refractivity contribution in [3.05, 3.63) is 5.89 Å². The Hall–Kier alpha value is -1.14. The lowest BCUT2D eigenvalue weighted by molar-refractivity contribution is 0.128. The maximum Gasteiger partial charge on any atom is 0.315 e. The van der Waals surface area contributed by atoms with Crippen LogP contribution in [0.3, 0.4) is 0 Å². The molecule has 0 spiro atoms. The molecule has 92 valence electrons. The van der Waals surface area contributed by atoms with Crippen molar-refractivity contribution in [3.8, 4) is 0 Å². The number of anilines is 1. The summed E-state index contributed by atoms with van der Waals surface area (Å²) in [6, 6.07) is 0.835. The highest BCUT2D eigenvalue weighted by Gasteiger charge is 2.07. The number of nitrogens with zero attached hydrogens (tertiary/aromatic N) is 2. The summed E-state index contributed by atoms with van der Waals surface area (Å²) in [5.74, 6) is 0.585. The molecule has 0 fully saturated rings. The molecule has 1 atom stereocenters. The Balaban J connectivity index is 2.33. The monoisotopic (exact) mass is 228 g/mol. The van der Waals surface area contributed by atoms with Gasteiger partial charge < -0.3 is 19.8 Å². The summed E-state index contributed by atoms with van der Waals surface area (Å²) < 4.78 is 10.5. The zero-order chi connectivity index (χ0) is 12.0. The van der Waals surface area contributed by atoms with Crippen LogP contribution in [0.2, 0.25) is 0 Å². The quantitative estimate of drug-likeness (QED) is 0.726. The van der Waals surface area contributed by atoms with Crippen molar-refractivity contribution < 1.29 is 9.15 Å². The first-order valence-corrected chi connectivity index (χ1v) is 5.44. The van der Waals surface area contributed by atoms with Crippen LogP contribution in [0.4, 0.5) is 6.01 Å². The predicted octanol–water partition coefficient (Wildman–Crippen LogP) is 1.01. The third-order valence-corrected chi connectivity index (χ3v) is 2.07. The maximum atomic E-state index is 5.38. The number of aromatic nitrogens is 2. The summed E-state index contributed by atoms with van der Waals surface area (Å²) >= 11 is 0. The van der Waals surface area contributed by atoms with Gasteiger partial charge in [0.15, 0.2) is 0 Å². The van der Waals surface area contributed by atoms with Crippen LogP contribution in [-0.4, -0.2) is 36.0 Å². The van der Waals surface area contributed by atoms with Crippen molar-refractivity contribution in [3.63, 3.8) is 0 Å². The molecule has 0 amide bonds. The highest BCUT2D eigenvalue weighted by atomic mass is 16.5. The Morgan fingerprint density at radius 1 is 1.31 bits per heavy atom. The largest absolute Gasteiger partial charge is 0.407 e.